The molecule has 38 heavy (non-hydrogen) atoms. The van der Waals surface area contributed by atoms with Gasteiger partial charge in [0.25, 0.3) is 5.56 Å². The molecule has 0 aliphatic carbocycles. The Bertz CT molecular complexity index is 1840. The largest absolute Gasteiger partial charge is 0.382 e. The number of benzene rings is 2. The molecule has 0 spiro atoms. The maximum Gasteiger partial charge on any atom is 0.266 e. The van der Waals surface area contributed by atoms with E-state index in [9.17, 15) is 14.4 Å². The lowest BCUT2D eigenvalue weighted by Gasteiger charge is -2.21. The minimum Gasteiger partial charge on any atom is -0.382 e. The second-order valence-electron chi connectivity index (χ2n) is 8.12. The Balaban J connectivity index is 1.64. The van der Waals surface area contributed by atoms with E-state index in [0.717, 1.165) is 6.07 Å². The number of fused-ring (bicyclic) bond motifs is 1. The maximum absolute atomic E-state index is 14.0. The van der Waals surface area contributed by atoms with Gasteiger partial charge in [0.2, 0.25) is 0 Å². The average Bonchev–Trinajstić information content (AvgIpc) is 2.93. The summed E-state index contributed by atoms with van der Waals surface area (Å²) in [5.74, 6) is 6.01. The van der Waals surface area contributed by atoms with Gasteiger partial charge in [0.05, 0.1) is 40.5 Å². The van der Waals surface area contributed by atoms with Crippen molar-refractivity contribution in [2.24, 2.45) is 0 Å². The summed E-state index contributed by atoms with van der Waals surface area (Å²) in [5.41, 5.74) is 7.45. The van der Waals surface area contributed by atoms with Crippen LogP contribution in [0.2, 0.25) is 0 Å². The monoisotopic (exact) mass is 503 g/mol. The molecule has 1 atom stereocenters. The highest BCUT2D eigenvalue weighted by Crippen LogP contribution is 2.24. The Labute approximate surface area is 215 Å². The number of nitrogen functional groups attached to an aromatic ring is 1. The van der Waals surface area contributed by atoms with Gasteiger partial charge in [0, 0.05) is 12.4 Å². The molecule has 0 unspecified atom stereocenters. The molecule has 10 nitrogen and oxygen atoms in total. The molecule has 0 fully saturated rings. The smallest absolute Gasteiger partial charge is 0.266 e. The van der Waals surface area contributed by atoms with Gasteiger partial charge in [-0.25, -0.2) is 24.3 Å². The summed E-state index contributed by atoms with van der Waals surface area (Å²) in [7, 11) is 0. The van der Waals surface area contributed by atoms with Crippen molar-refractivity contribution >= 4 is 22.5 Å². The van der Waals surface area contributed by atoms with Crippen molar-refractivity contribution in [2.75, 3.05) is 11.1 Å². The van der Waals surface area contributed by atoms with E-state index in [1.165, 1.54) is 41.6 Å². The van der Waals surface area contributed by atoms with Crippen LogP contribution in [0.3, 0.4) is 0 Å². The summed E-state index contributed by atoms with van der Waals surface area (Å²) in [6.45, 7) is 1.78. The lowest BCUT2D eigenvalue weighted by Crippen LogP contribution is -2.27. The highest BCUT2D eigenvalue weighted by atomic mass is 19.1. The topological polar surface area (TPSA) is 148 Å². The number of anilines is 2. The van der Waals surface area contributed by atoms with Gasteiger partial charge in [-0.05, 0) is 49.2 Å². The summed E-state index contributed by atoms with van der Waals surface area (Å²) >= 11 is 0. The third-order valence-electron chi connectivity index (χ3n) is 5.59. The zero-order valence-corrected chi connectivity index (χ0v) is 19.9. The van der Waals surface area contributed by atoms with E-state index in [2.05, 4.69) is 48.1 Å². The first-order valence-corrected chi connectivity index (χ1v) is 11.3. The second-order valence-corrected chi connectivity index (χ2v) is 8.12. The van der Waals surface area contributed by atoms with Gasteiger partial charge in [-0.3, -0.25) is 14.3 Å². The summed E-state index contributed by atoms with van der Waals surface area (Å²) < 4.78 is 15.4. The van der Waals surface area contributed by atoms with Crippen LogP contribution in [-0.4, -0.2) is 29.5 Å². The third-order valence-corrected chi connectivity index (χ3v) is 5.59. The molecule has 0 aliphatic heterocycles. The molecule has 0 saturated carbocycles. The van der Waals surface area contributed by atoms with Gasteiger partial charge >= 0.3 is 0 Å². The van der Waals surface area contributed by atoms with Crippen molar-refractivity contribution in [3.8, 4) is 23.6 Å². The van der Waals surface area contributed by atoms with E-state index in [1.807, 2.05) is 0 Å². The van der Waals surface area contributed by atoms with E-state index >= 15 is 0 Å². The maximum atomic E-state index is 14.0. The Morgan fingerprint density at radius 3 is 2.76 bits per heavy atom. The Morgan fingerprint density at radius 1 is 1.11 bits per heavy atom. The average molecular weight is 504 g/mol. The second kappa shape index (κ2) is 10.1. The van der Waals surface area contributed by atoms with Crippen LogP contribution in [0.25, 0.3) is 16.6 Å². The van der Waals surface area contributed by atoms with Gasteiger partial charge in [-0.15, -0.1) is 0 Å². The van der Waals surface area contributed by atoms with Crippen LogP contribution in [-0.2, 0) is 0 Å². The molecule has 3 aromatic heterocycles. The number of nitrogens with one attached hydrogen (secondary N) is 1. The molecule has 0 aliphatic rings. The van der Waals surface area contributed by atoms with Crippen molar-refractivity contribution < 1.29 is 4.39 Å². The standard InChI is InChI=1S/C27H18FN9O/c1-16(35-25-21(24(30)33-15-34-25)7-6-19-14-31-9-10-32-19)26-36-23-8-5-18(28)12-22(23)27(38)37(26)20-4-2-3-17(11-20)13-29/h2-5,8-12,14-16H,1H3,(H3,30,33,34,35)/t16-/m0/s1. The Kier molecular flexibility index (Phi) is 6.41. The van der Waals surface area contributed by atoms with E-state index in [4.69, 9.17) is 5.73 Å². The summed E-state index contributed by atoms with van der Waals surface area (Å²) in [6.07, 6.45) is 5.86. The molecule has 0 saturated heterocycles. The Morgan fingerprint density at radius 2 is 1.97 bits per heavy atom. The first-order chi connectivity index (χ1) is 18.4. The van der Waals surface area contributed by atoms with Crippen LogP contribution in [0.4, 0.5) is 16.0 Å². The molecule has 0 radical (unpaired) electrons. The number of nitriles is 1. The Hall–Kier alpha value is -5.68. The van der Waals surface area contributed by atoms with Gasteiger partial charge in [0.15, 0.2) is 0 Å². The summed E-state index contributed by atoms with van der Waals surface area (Å²) in [5, 5.41) is 12.7. The van der Waals surface area contributed by atoms with Crippen molar-refractivity contribution in [2.45, 2.75) is 13.0 Å². The molecule has 3 heterocycles. The molecule has 0 bridgehead atoms. The molecular weight excluding hydrogens is 485 g/mol. The fraction of sp³-hybridized carbons (Fsp3) is 0.0741. The van der Waals surface area contributed by atoms with Crippen molar-refractivity contribution in [3.05, 3.63) is 106 Å². The van der Waals surface area contributed by atoms with Crippen LogP contribution >= 0.6 is 0 Å². The predicted octanol–water partition coefficient (Wildman–Crippen LogP) is 3.13. The predicted molar refractivity (Wildman–Crippen MR) is 139 cm³/mol. The zero-order chi connectivity index (χ0) is 26.6. The third kappa shape index (κ3) is 4.72. The highest BCUT2D eigenvalue weighted by molar-refractivity contribution is 5.78. The van der Waals surface area contributed by atoms with Crippen molar-refractivity contribution in [3.63, 3.8) is 0 Å². The number of halogens is 1. The van der Waals surface area contributed by atoms with Crippen LogP contribution in [0.5, 0.6) is 0 Å². The quantitative estimate of drug-likeness (QED) is 0.353. The van der Waals surface area contributed by atoms with Gasteiger partial charge < -0.3 is 11.1 Å². The SMILES string of the molecule is C[C@H](Nc1ncnc(N)c1C#Cc1cnccn1)c1nc2ccc(F)cc2c(=O)n1-c1cccc(C#N)c1. The van der Waals surface area contributed by atoms with Crippen molar-refractivity contribution in [1.82, 2.24) is 29.5 Å². The zero-order valence-electron chi connectivity index (χ0n) is 19.9. The molecular formula is C27H18FN9O. The molecule has 2 aromatic carbocycles. The van der Waals surface area contributed by atoms with E-state index in [1.54, 1.807) is 31.2 Å². The summed E-state index contributed by atoms with van der Waals surface area (Å²) in [6, 6.07) is 11.8. The highest BCUT2D eigenvalue weighted by Gasteiger charge is 2.20. The minimum absolute atomic E-state index is 0.102. The van der Waals surface area contributed by atoms with Crippen LogP contribution in [0.1, 0.15) is 35.6 Å². The fourth-order valence-corrected chi connectivity index (χ4v) is 3.82. The first kappa shape index (κ1) is 24.0. The van der Waals surface area contributed by atoms with Gasteiger partial charge in [0.1, 0.15) is 40.9 Å². The van der Waals surface area contributed by atoms with Crippen LogP contribution < -0.4 is 16.6 Å². The minimum atomic E-state index is -0.616. The van der Waals surface area contributed by atoms with E-state index in [-0.39, 0.29) is 11.2 Å². The number of nitrogens with zero attached hydrogens (tertiary/aromatic N) is 7. The van der Waals surface area contributed by atoms with Gasteiger partial charge in [-0.2, -0.15) is 5.26 Å². The lowest BCUT2D eigenvalue weighted by atomic mass is 10.1. The number of nitrogens with two attached hydrogens (primary N) is 1. The van der Waals surface area contributed by atoms with Gasteiger partial charge in [-0.1, -0.05) is 12.0 Å². The van der Waals surface area contributed by atoms with Crippen LogP contribution in [0.15, 0.2) is 72.2 Å². The molecule has 11 heteroatoms. The summed E-state index contributed by atoms with van der Waals surface area (Å²) in [4.78, 5) is 34.7. The normalized spacial score (nSPS) is 11.3. The molecule has 3 N–H and O–H groups in total. The van der Waals surface area contributed by atoms with E-state index in [0.29, 0.717) is 39.7 Å². The molecule has 184 valence electrons. The molecule has 0 amide bonds. The van der Waals surface area contributed by atoms with E-state index < -0.39 is 17.4 Å². The number of rotatable bonds is 4. The van der Waals surface area contributed by atoms with Crippen LogP contribution in [0, 0.1) is 29.0 Å². The van der Waals surface area contributed by atoms with Crippen molar-refractivity contribution in [1.29, 1.82) is 5.26 Å². The number of aromatic nitrogens is 6. The first-order valence-electron chi connectivity index (χ1n) is 11.3. The number of hydrogen-bond acceptors (Lipinski definition) is 9. The molecule has 5 aromatic rings. The lowest BCUT2D eigenvalue weighted by molar-refractivity contribution is 0.629. The fourth-order valence-electron chi connectivity index (χ4n) is 3.82. The molecule has 5 rings (SSSR count). The number of hydrogen-bond donors (Lipinski definition) is 2.